The highest BCUT2D eigenvalue weighted by molar-refractivity contribution is 5.96. The van der Waals surface area contributed by atoms with Crippen LogP contribution in [0.25, 0.3) is 0 Å². The van der Waals surface area contributed by atoms with Gasteiger partial charge in [0.25, 0.3) is 5.91 Å². The van der Waals surface area contributed by atoms with Crippen molar-refractivity contribution in [2.75, 3.05) is 11.9 Å². The molecule has 0 aliphatic heterocycles. The Kier molecular flexibility index (Phi) is 4.93. The summed E-state index contributed by atoms with van der Waals surface area (Å²) in [5.41, 5.74) is 5.80. The molecule has 0 spiro atoms. The van der Waals surface area contributed by atoms with Crippen LogP contribution in [0.5, 0.6) is 0 Å². The molecule has 0 atom stereocenters. The smallest absolute Gasteiger partial charge is 0.340 e. The lowest BCUT2D eigenvalue weighted by Crippen LogP contribution is -2.21. The van der Waals surface area contributed by atoms with Crippen LogP contribution >= 0.6 is 0 Å². The Morgan fingerprint density at radius 3 is 2.64 bits per heavy atom. The van der Waals surface area contributed by atoms with Crippen molar-refractivity contribution in [3.05, 3.63) is 52.3 Å². The van der Waals surface area contributed by atoms with Gasteiger partial charge in [-0.3, -0.25) is 4.79 Å². The second-order valence-corrected chi connectivity index (χ2v) is 6.49. The Balaban J connectivity index is 1.58. The van der Waals surface area contributed by atoms with E-state index in [0.29, 0.717) is 5.56 Å². The van der Waals surface area contributed by atoms with Crippen LogP contribution in [0, 0.1) is 13.8 Å². The minimum Gasteiger partial charge on any atom is -0.452 e. The molecule has 2 aromatic rings. The lowest BCUT2D eigenvalue weighted by Gasteiger charge is -2.09. The lowest BCUT2D eigenvalue weighted by molar-refractivity contribution is -0.119. The molecule has 1 aromatic heterocycles. The van der Waals surface area contributed by atoms with E-state index in [0.717, 1.165) is 36.5 Å². The fraction of sp³-hybridized carbons (Fsp3) is 0.400. The van der Waals surface area contributed by atoms with Gasteiger partial charge in [-0.1, -0.05) is 6.07 Å². The molecule has 1 amide bonds. The summed E-state index contributed by atoms with van der Waals surface area (Å²) in [6.07, 6.45) is 3.33. The van der Waals surface area contributed by atoms with E-state index in [2.05, 4.69) is 11.4 Å². The number of aromatic nitrogens is 1. The molecule has 0 bridgehead atoms. The Morgan fingerprint density at radius 2 is 1.92 bits per heavy atom. The lowest BCUT2D eigenvalue weighted by atomic mass is 10.1. The van der Waals surface area contributed by atoms with Gasteiger partial charge in [0.05, 0.1) is 5.56 Å². The molecule has 1 aliphatic rings. The molecule has 0 unspecified atom stereocenters. The Bertz CT molecular complexity index is 821. The van der Waals surface area contributed by atoms with Gasteiger partial charge < -0.3 is 14.6 Å². The van der Waals surface area contributed by atoms with Gasteiger partial charge in [0.15, 0.2) is 6.61 Å². The number of hydrogen-bond acceptors (Lipinski definition) is 3. The van der Waals surface area contributed by atoms with E-state index in [1.807, 2.05) is 37.5 Å². The zero-order chi connectivity index (χ0) is 18.0. The van der Waals surface area contributed by atoms with E-state index in [4.69, 9.17) is 4.74 Å². The summed E-state index contributed by atoms with van der Waals surface area (Å²) >= 11 is 0. The van der Waals surface area contributed by atoms with Crippen molar-refractivity contribution in [2.24, 2.45) is 0 Å². The third-order valence-corrected chi connectivity index (χ3v) is 4.83. The second-order valence-electron chi connectivity index (χ2n) is 6.49. The Morgan fingerprint density at radius 1 is 1.16 bits per heavy atom. The Hall–Kier alpha value is -2.56. The number of amides is 1. The first-order valence-corrected chi connectivity index (χ1v) is 8.75. The number of ether oxygens (including phenoxy) is 1. The summed E-state index contributed by atoms with van der Waals surface area (Å²) in [7, 11) is 0. The molecule has 1 aliphatic carbocycles. The predicted molar refractivity (Wildman–Crippen MR) is 97.0 cm³/mol. The number of nitrogens with zero attached hydrogens (tertiary/aromatic N) is 1. The van der Waals surface area contributed by atoms with Gasteiger partial charge in [-0.15, -0.1) is 0 Å². The molecule has 0 radical (unpaired) electrons. The number of fused-ring (bicyclic) bond motifs is 1. The fourth-order valence-corrected chi connectivity index (χ4v) is 3.55. The zero-order valence-electron chi connectivity index (χ0n) is 15.0. The molecule has 0 saturated heterocycles. The van der Waals surface area contributed by atoms with Crippen LogP contribution in [-0.4, -0.2) is 23.1 Å². The summed E-state index contributed by atoms with van der Waals surface area (Å²) in [6, 6.07) is 7.78. The van der Waals surface area contributed by atoms with Crippen LogP contribution in [-0.2, 0) is 28.9 Å². The van der Waals surface area contributed by atoms with Crippen molar-refractivity contribution in [2.45, 2.75) is 46.6 Å². The molecule has 5 nitrogen and oxygen atoms in total. The number of carbonyl (C=O) groups excluding carboxylic acids is 2. The maximum Gasteiger partial charge on any atom is 0.340 e. The first-order chi connectivity index (χ1) is 12.0. The van der Waals surface area contributed by atoms with E-state index < -0.39 is 5.97 Å². The highest BCUT2D eigenvalue weighted by Gasteiger charge is 2.18. The quantitative estimate of drug-likeness (QED) is 0.849. The number of aryl methyl sites for hydroxylation is 3. The van der Waals surface area contributed by atoms with Crippen molar-refractivity contribution in [1.82, 2.24) is 4.57 Å². The number of carbonyl (C=O) groups is 2. The molecule has 1 heterocycles. The predicted octanol–water partition coefficient (Wildman–Crippen LogP) is 3.41. The van der Waals surface area contributed by atoms with E-state index >= 15 is 0 Å². The normalized spacial score (nSPS) is 12.8. The van der Waals surface area contributed by atoms with Gasteiger partial charge in [-0.2, -0.15) is 0 Å². The first-order valence-electron chi connectivity index (χ1n) is 8.75. The monoisotopic (exact) mass is 340 g/mol. The SMILES string of the molecule is CCn1c(C)cc(C(=O)OCC(=O)Nc2ccc3c(c2)CCC3)c1C. The van der Waals surface area contributed by atoms with E-state index in [1.54, 1.807) is 6.07 Å². The van der Waals surface area contributed by atoms with Crippen LogP contribution in [0.1, 0.15) is 46.2 Å². The van der Waals surface area contributed by atoms with Gasteiger partial charge in [0.1, 0.15) is 0 Å². The molecule has 1 N–H and O–H groups in total. The van der Waals surface area contributed by atoms with Crippen LogP contribution in [0.3, 0.4) is 0 Å². The molecule has 1 aromatic carbocycles. The third-order valence-electron chi connectivity index (χ3n) is 4.83. The number of hydrogen-bond donors (Lipinski definition) is 1. The maximum atomic E-state index is 12.2. The maximum absolute atomic E-state index is 12.2. The average molecular weight is 340 g/mol. The molecule has 132 valence electrons. The zero-order valence-corrected chi connectivity index (χ0v) is 15.0. The number of benzene rings is 1. The minimum atomic E-state index is -0.461. The average Bonchev–Trinajstić information content (AvgIpc) is 3.16. The molecule has 5 heteroatoms. The van der Waals surface area contributed by atoms with Crippen LogP contribution in [0.4, 0.5) is 5.69 Å². The van der Waals surface area contributed by atoms with Crippen molar-refractivity contribution in [3.63, 3.8) is 0 Å². The summed E-state index contributed by atoms with van der Waals surface area (Å²) in [5.74, 6) is -0.785. The number of nitrogens with one attached hydrogen (secondary N) is 1. The highest BCUT2D eigenvalue weighted by Crippen LogP contribution is 2.24. The summed E-state index contributed by atoms with van der Waals surface area (Å²) in [4.78, 5) is 24.3. The number of anilines is 1. The van der Waals surface area contributed by atoms with Crippen LogP contribution < -0.4 is 5.32 Å². The van der Waals surface area contributed by atoms with E-state index in [9.17, 15) is 9.59 Å². The van der Waals surface area contributed by atoms with Crippen LogP contribution in [0.2, 0.25) is 0 Å². The highest BCUT2D eigenvalue weighted by atomic mass is 16.5. The molecular weight excluding hydrogens is 316 g/mol. The standard InChI is InChI=1S/C20H24N2O3/c1-4-22-13(2)10-18(14(22)3)20(24)25-12-19(23)21-17-9-8-15-6-5-7-16(15)11-17/h8-11H,4-7,12H2,1-3H3,(H,21,23). The van der Waals surface area contributed by atoms with Gasteiger partial charge in [-0.25, -0.2) is 4.79 Å². The number of esters is 1. The van der Waals surface area contributed by atoms with Crippen molar-refractivity contribution in [1.29, 1.82) is 0 Å². The summed E-state index contributed by atoms with van der Waals surface area (Å²) < 4.78 is 7.23. The van der Waals surface area contributed by atoms with Crippen molar-refractivity contribution >= 4 is 17.6 Å². The summed E-state index contributed by atoms with van der Waals surface area (Å²) in [5, 5.41) is 2.80. The first kappa shape index (κ1) is 17.3. The van der Waals surface area contributed by atoms with Gasteiger partial charge in [0, 0.05) is 23.6 Å². The van der Waals surface area contributed by atoms with Gasteiger partial charge in [-0.05, 0) is 69.4 Å². The third kappa shape index (κ3) is 3.60. The Labute approximate surface area is 148 Å². The second kappa shape index (κ2) is 7.13. The van der Waals surface area contributed by atoms with E-state index in [-0.39, 0.29) is 12.5 Å². The topological polar surface area (TPSA) is 60.3 Å². The molecule has 0 fully saturated rings. The van der Waals surface area contributed by atoms with Crippen molar-refractivity contribution in [3.8, 4) is 0 Å². The van der Waals surface area contributed by atoms with Gasteiger partial charge in [0.2, 0.25) is 0 Å². The van der Waals surface area contributed by atoms with Crippen LogP contribution in [0.15, 0.2) is 24.3 Å². The molecule has 3 rings (SSSR count). The minimum absolute atomic E-state index is 0.286. The fourth-order valence-electron chi connectivity index (χ4n) is 3.55. The van der Waals surface area contributed by atoms with E-state index in [1.165, 1.54) is 17.5 Å². The van der Waals surface area contributed by atoms with Crippen molar-refractivity contribution < 1.29 is 14.3 Å². The summed E-state index contributed by atoms with van der Waals surface area (Å²) in [6.45, 7) is 6.38. The molecule has 0 saturated carbocycles. The number of rotatable bonds is 5. The molecule has 25 heavy (non-hydrogen) atoms. The largest absolute Gasteiger partial charge is 0.452 e. The molecular formula is C20H24N2O3. The van der Waals surface area contributed by atoms with Gasteiger partial charge >= 0.3 is 5.97 Å².